The number of amides is 2. The Kier molecular flexibility index (Phi) is 8.02. The summed E-state index contributed by atoms with van der Waals surface area (Å²) < 4.78 is 36.2. The van der Waals surface area contributed by atoms with E-state index in [9.17, 15) is 18.0 Å². The molecule has 6 rings (SSSR count). The Bertz CT molecular complexity index is 1850. The summed E-state index contributed by atoms with van der Waals surface area (Å²) in [5, 5.41) is 0. The van der Waals surface area contributed by atoms with E-state index in [-0.39, 0.29) is 17.9 Å². The number of fused-ring (bicyclic) bond motifs is 1. The van der Waals surface area contributed by atoms with Gasteiger partial charge in [0.2, 0.25) is 21.8 Å². The number of nitrogens with zero attached hydrogens (tertiary/aromatic N) is 3. The number of aryl methyl sites for hydroxylation is 2. The van der Waals surface area contributed by atoms with Gasteiger partial charge in [-0.1, -0.05) is 29.8 Å². The number of para-hydroxylation sites is 2. The van der Waals surface area contributed by atoms with Gasteiger partial charge in [-0.05, 0) is 118 Å². The summed E-state index contributed by atoms with van der Waals surface area (Å²) in [5.41, 5.74) is 6.76. The minimum Gasteiger partial charge on any atom is -0.436 e. The number of anilines is 1. The molecule has 2 heterocycles. The van der Waals surface area contributed by atoms with Crippen LogP contribution in [0.3, 0.4) is 0 Å². The van der Waals surface area contributed by atoms with Gasteiger partial charge in [-0.15, -0.1) is 0 Å². The maximum atomic E-state index is 14.5. The van der Waals surface area contributed by atoms with E-state index in [1.165, 1.54) is 9.88 Å². The quantitative estimate of drug-likeness (QED) is 0.158. The Morgan fingerprint density at radius 2 is 1.66 bits per heavy atom. The average molecular weight is 612 g/mol. The van der Waals surface area contributed by atoms with Crippen LogP contribution in [-0.4, -0.2) is 42.1 Å². The zero-order valence-corrected chi connectivity index (χ0v) is 26.4. The molecule has 1 saturated heterocycles. The lowest BCUT2D eigenvalue weighted by molar-refractivity contribution is -0.122. The topological polar surface area (TPSA) is 101 Å². The lowest BCUT2D eigenvalue weighted by atomic mass is 9.97. The molecule has 1 aliphatic heterocycles. The van der Waals surface area contributed by atoms with E-state index in [4.69, 9.17) is 4.42 Å². The largest absolute Gasteiger partial charge is 0.436 e. The van der Waals surface area contributed by atoms with E-state index < -0.39 is 27.9 Å². The number of allylic oxidation sites excluding steroid dienone is 1. The smallest absolute Gasteiger partial charge is 0.252 e. The second-order valence-electron chi connectivity index (χ2n) is 11.9. The molecule has 8 nitrogen and oxygen atoms in total. The first-order valence-corrected chi connectivity index (χ1v) is 16.6. The van der Waals surface area contributed by atoms with Crippen molar-refractivity contribution in [1.29, 1.82) is 0 Å². The summed E-state index contributed by atoms with van der Waals surface area (Å²) in [4.78, 5) is 33.3. The number of benzene rings is 3. The average Bonchev–Trinajstić information content (AvgIpc) is 3.57. The maximum Gasteiger partial charge on any atom is 0.252 e. The number of rotatable bonds is 8. The predicted octanol–water partition coefficient (Wildman–Crippen LogP) is 6.94. The first-order valence-electron chi connectivity index (χ1n) is 15.2. The fourth-order valence-corrected chi connectivity index (χ4v) is 8.54. The summed E-state index contributed by atoms with van der Waals surface area (Å²) in [6.07, 6.45) is 6.60. The minimum absolute atomic E-state index is 0.133. The summed E-state index contributed by atoms with van der Waals surface area (Å²) in [6.45, 7) is 7.54. The van der Waals surface area contributed by atoms with E-state index in [1.807, 2.05) is 58.0 Å². The molecule has 4 aromatic rings. The van der Waals surface area contributed by atoms with Crippen LogP contribution in [0.15, 0.2) is 75.6 Å². The van der Waals surface area contributed by atoms with Gasteiger partial charge in [0, 0.05) is 12.1 Å². The predicted molar refractivity (Wildman–Crippen MR) is 171 cm³/mol. The highest BCUT2D eigenvalue weighted by molar-refractivity contribution is 7.89. The molecule has 1 aromatic heterocycles. The van der Waals surface area contributed by atoms with Crippen molar-refractivity contribution >= 4 is 38.6 Å². The molecule has 0 N–H and O–H groups in total. The fourth-order valence-electron chi connectivity index (χ4n) is 6.37. The van der Waals surface area contributed by atoms with Crippen LogP contribution in [0, 0.1) is 27.7 Å². The minimum atomic E-state index is -4.12. The van der Waals surface area contributed by atoms with Crippen LogP contribution in [0.4, 0.5) is 5.69 Å². The van der Waals surface area contributed by atoms with Gasteiger partial charge in [-0.3, -0.25) is 9.59 Å². The van der Waals surface area contributed by atoms with Crippen molar-refractivity contribution < 1.29 is 22.4 Å². The van der Waals surface area contributed by atoms with E-state index in [0.717, 1.165) is 47.2 Å². The summed E-state index contributed by atoms with van der Waals surface area (Å²) in [5.74, 6) is -0.533. The Morgan fingerprint density at radius 1 is 0.955 bits per heavy atom. The van der Waals surface area contributed by atoms with Crippen LogP contribution in [-0.2, 0) is 19.6 Å². The third-order valence-electron chi connectivity index (χ3n) is 9.04. The molecule has 1 unspecified atom stereocenters. The molecule has 2 amide bonds. The second kappa shape index (κ2) is 11.8. The molecule has 228 valence electrons. The van der Waals surface area contributed by atoms with Crippen molar-refractivity contribution in [2.24, 2.45) is 0 Å². The molecule has 1 atom stereocenters. The molecule has 1 fully saturated rings. The Labute approximate surface area is 258 Å². The monoisotopic (exact) mass is 611 g/mol. The van der Waals surface area contributed by atoms with Crippen molar-refractivity contribution in [1.82, 2.24) is 9.29 Å². The number of carbonyl (C=O) groups excluding carboxylic acids is 2. The molecular formula is C35H37N3O5S. The van der Waals surface area contributed by atoms with E-state index in [0.29, 0.717) is 40.3 Å². The lowest BCUT2D eigenvalue weighted by Gasteiger charge is -2.29. The number of hydrogen-bond acceptors (Lipinski definition) is 6. The number of aromatic nitrogens is 1. The van der Waals surface area contributed by atoms with Crippen LogP contribution in [0.2, 0.25) is 0 Å². The highest BCUT2D eigenvalue weighted by atomic mass is 32.2. The molecule has 3 aromatic carbocycles. The highest BCUT2D eigenvalue weighted by Gasteiger charge is 2.47. The standard InChI is InChI=1S/C35H37N3O5S/c1-22-20-23(2)25(4)33(24(22)3)44(41,42)37(19-18-26-10-6-5-7-11-26)30-21-32(39)38(35(30)40)28-16-14-27(15-17-28)34-36-29-12-8-9-13-31(29)43-34/h8-10,12-17,20,30H,5-7,11,18-19,21H2,1-4H3. The van der Waals surface area contributed by atoms with Gasteiger partial charge >= 0.3 is 0 Å². The molecule has 0 bridgehead atoms. The summed E-state index contributed by atoms with van der Waals surface area (Å²) in [6, 6.07) is 15.2. The maximum absolute atomic E-state index is 14.5. The molecule has 1 aliphatic carbocycles. The molecule has 44 heavy (non-hydrogen) atoms. The number of oxazole rings is 1. The van der Waals surface area contributed by atoms with Gasteiger partial charge in [-0.25, -0.2) is 18.3 Å². The zero-order chi connectivity index (χ0) is 31.2. The molecule has 0 radical (unpaired) electrons. The molecular weight excluding hydrogens is 574 g/mol. The Morgan fingerprint density at radius 3 is 2.32 bits per heavy atom. The normalized spacial score (nSPS) is 17.6. The van der Waals surface area contributed by atoms with Crippen LogP contribution < -0.4 is 4.90 Å². The first-order chi connectivity index (χ1) is 21.1. The van der Waals surface area contributed by atoms with Gasteiger partial charge in [0.1, 0.15) is 11.6 Å². The van der Waals surface area contributed by atoms with Crippen molar-refractivity contribution in [2.75, 3.05) is 11.4 Å². The van der Waals surface area contributed by atoms with Crippen molar-refractivity contribution in [3.05, 3.63) is 88.5 Å². The number of imide groups is 1. The van der Waals surface area contributed by atoms with Crippen LogP contribution >= 0.6 is 0 Å². The molecule has 2 aliphatic rings. The number of carbonyl (C=O) groups is 2. The van der Waals surface area contributed by atoms with Crippen molar-refractivity contribution in [3.8, 4) is 11.5 Å². The van der Waals surface area contributed by atoms with E-state index >= 15 is 0 Å². The second-order valence-corrected chi connectivity index (χ2v) is 13.7. The highest BCUT2D eigenvalue weighted by Crippen LogP contribution is 2.35. The zero-order valence-electron chi connectivity index (χ0n) is 25.6. The van der Waals surface area contributed by atoms with Crippen molar-refractivity contribution in [2.45, 2.75) is 77.2 Å². The van der Waals surface area contributed by atoms with Crippen LogP contribution in [0.1, 0.15) is 60.8 Å². The van der Waals surface area contributed by atoms with E-state index in [1.54, 1.807) is 24.3 Å². The van der Waals surface area contributed by atoms with Crippen molar-refractivity contribution in [3.63, 3.8) is 0 Å². The van der Waals surface area contributed by atoms with Gasteiger partial charge in [0.05, 0.1) is 17.0 Å². The Hall–Kier alpha value is -4.08. The number of sulfonamides is 1. The molecule has 9 heteroatoms. The number of hydrogen-bond donors (Lipinski definition) is 0. The van der Waals surface area contributed by atoms with Gasteiger partial charge in [0.15, 0.2) is 5.58 Å². The fraction of sp³-hybridized carbons (Fsp3) is 0.343. The summed E-state index contributed by atoms with van der Waals surface area (Å²) in [7, 11) is -4.12. The summed E-state index contributed by atoms with van der Waals surface area (Å²) >= 11 is 0. The van der Waals surface area contributed by atoms with Gasteiger partial charge < -0.3 is 4.42 Å². The lowest BCUT2D eigenvalue weighted by Crippen LogP contribution is -2.46. The van der Waals surface area contributed by atoms with Crippen LogP contribution in [0.5, 0.6) is 0 Å². The first kappa shape index (κ1) is 30.0. The third-order valence-corrected chi connectivity index (χ3v) is 11.2. The van der Waals surface area contributed by atoms with Crippen LogP contribution in [0.25, 0.3) is 22.6 Å². The van der Waals surface area contributed by atoms with Gasteiger partial charge in [-0.2, -0.15) is 4.31 Å². The SMILES string of the molecule is Cc1cc(C)c(C)c(S(=O)(=O)N(CCC2=CCCCC2)C2CC(=O)N(c3ccc(-c4nc5ccccc5o4)cc3)C2=O)c1C. The van der Waals surface area contributed by atoms with E-state index in [2.05, 4.69) is 11.1 Å². The Balaban J connectivity index is 1.33. The van der Waals surface area contributed by atoms with Gasteiger partial charge in [0.25, 0.3) is 5.91 Å². The third kappa shape index (κ3) is 5.39. The molecule has 0 spiro atoms. The molecule has 0 saturated carbocycles.